The molecule has 0 amide bonds. The summed E-state index contributed by atoms with van der Waals surface area (Å²) in [4.78, 5) is 0. The molecule has 1 aromatic rings. The summed E-state index contributed by atoms with van der Waals surface area (Å²) in [6, 6.07) is 0.614. The summed E-state index contributed by atoms with van der Waals surface area (Å²) in [5.74, 6) is 2.07. The van der Waals surface area contributed by atoms with Crippen LogP contribution in [0.1, 0.15) is 57.7 Å². The van der Waals surface area contributed by atoms with Crippen LogP contribution in [-0.4, -0.2) is 20.8 Å². The second-order valence-electron chi connectivity index (χ2n) is 5.45. The predicted octanol–water partition coefficient (Wildman–Crippen LogP) is 1.94. The summed E-state index contributed by atoms with van der Waals surface area (Å²) in [5, 5.41) is 8.59. The van der Waals surface area contributed by atoms with E-state index in [4.69, 9.17) is 5.73 Å². The molecule has 16 heavy (non-hydrogen) atoms. The minimum absolute atomic E-state index is 0.00549. The molecule has 1 aliphatic rings. The van der Waals surface area contributed by atoms with Gasteiger partial charge in [-0.3, -0.25) is 0 Å². The molecule has 2 rings (SSSR count). The van der Waals surface area contributed by atoms with E-state index in [0.717, 1.165) is 24.5 Å². The third-order valence-electron chi connectivity index (χ3n) is 3.92. The number of nitrogens with two attached hydrogens (primary N) is 1. The first-order valence-corrected chi connectivity index (χ1v) is 6.14. The molecule has 1 aromatic heterocycles. The van der Waals surface area contributed by atoms with Crippen molar-refractivity contribution < 1.29 is 0 Å². The van der Waals surface area contributed by atoms with E-state index in [9.17, 15) is 0 Å². The van der Waals surface area contributed by atoms with E-state index in [0.29, 0.717) is 6.04 Å². The summed E-state index contributed by atoms with van der Waals surface area (Å²) < 4.78 is 2.23. The van der Waals surface area contributed by atoms with E-state index in [1.165, 1.54) is 6.42 Å². The van der Waals surface area contributed by atoms with Crippen molar-refractivity contribution in [2.75, 3.05) is 0 Å². The lowest BCUT2D eigenvalue weighted by Gasteiger charge is -2.29. The van der Waals surface area contributed by atoms with E-state index < -0.39 is 0 Å². The van der Waals surface area contributed by atoms with Gasteiger partial charge in [-0.15, -0.1) is 10.2 Å². The van der Waals surface area contributed by atoms with Gasteiger partial charge in [0.05, 0.1) is 0 Å². The molecular weight excluding hydrogens is 200 g/mol. The number of hydrogen-bond acceptors (Lipinski definition) is 3. The zero-order chi connectivity index (χ0) is 11.9. The second-order valence-corrected chi connectivity index (χ2v) is 5.45. The lowest BCUT2D eigenvalue weighted by atomic mass is 9.84. The molecule has 0 bridgehead atoms. The Bertz CT molecular complexity index is 382. The van der Waals surface area contributed by atoms with Crippen LogP contribution in [0.4, 0.5) is 0 Å². The summed E-state index contributed by atoms with van der Waals surface area (Å²) >= 11 is 0. The van der Waals surface area contributed by atoms with Gasteiger partial charge in [-0.25, -0.2) is 0 Å². The molecule has 2 N–H and O–H groups in total. The largest absolute Gasteiger partial charge is 0.327 e. The maximum atomic E-state index is 6.24. The minimum Gasteiger partial charge on any atom is -0.327 e. The first kappa shape index (κ1) is 11.6. The van der Waals surface area contributed by atoms with Gasteiger partial charge in [0.25, 0.3) is 0 Å². The van der Waals surface area contributed by atoms with Crippen LogP contribution in [0.3, 0.4) is 0 Å². The van der Waals surface area contributed by atoms with Gasteiger partial charge in [-0.2, -0.15) is 0 Å². The fraction of sp³-hybridized carbons (Fsp3) is 0.833. The lowest BCUT2D eigenvalue weighted by Crippen LogP contribution is -2.40. The predicted molar refractivity (Wildman–Crippen MR) is 64.3 cm³/mol. The van der Waals surface area contributed by atoms with Crippen molar-refractivity contribution in [3.05, 3.63) is 11.6 Å². The first-order valence-electron chi connectivity index (χ1n) is 6.14. The third-order valence-corrected chi connectivity index (χ3v) is 3.92. The Hall–Kier alpha value is -0.900. The molecule has 1 fully saturated rings. The van der Waals surface area contributed by atoms with Gasteiger partial charge in [0.15, 0.2) is 0 Å². The van der Waals surface area contributed by atoms with Gasteiger partial charge in [0.2, 0.25) is 0 Å². The molecular formula is C12H22N4. The molecule has 90 valence electrons. The average molecular weight is 222 g/mol. The molecule has 4 nitrogen and oxygen atoms in total. The van der Waals surface area contributed by atoms with Gasteiger partial charge in [-0.05, 0) is 33.6 Å². The molecule has 1 saturated carbocycles. The molecule has 2 atom stereocenters. The second kappa shape index (κ2) is 3.84. The van der Waals surface area contributed by atoms with Crippen LogP contribution in [0.15, 0.2) is 0 Å². The van der Waals surface area contributed by atoms with Crippen LogP contribution in [0.25, 0.3) is 0 Å². The van der Waals surface area contributed by atoms with Crippen LogP contribution < -0.4 is 5.73 Å². The molecule has 1 heterocycles. The Morgan fingerprint density at radius 2 is 2.12 bits per heavy atom. The Balaban J connectivity index is 2.47. The third kappa shape index (κ3) is 1.56. The molecule has 0 aliphatic heterocycles. The lowest BCUT2D eigenvalue weighted by molar-refractivity contribution is 0.372. The van der Waals surface area contributed by atoms with Crippen molar-refractivity contribution in [2.45, 2.75) is 64.5 Å². The molecule has 0 aromatic carbocycles. The van der Waals surface area contributed by atoms with Gasteiger partial charge < -0.3 is 10.3 Å². The van der Waals surface area contributed by atoms with Crippen LogP contribution >= 0.6 is 0 Å². The molecule has 1 aliphatic carbocycles. The van der Waals surface area contributed by atoms with Crippen LogP contribution in [0.5, 0.6) is 0 Å². The normalized spacial score (nSPS) is 30.2. The number of rotatable bonds is 2. The molecule has 0 spiro atoms. The Morgan fingerprint density at radius 3 is 2.62 bits per heavy atom. The van der Waals surface area contributed by atoms with Crippen molar-refractivity contribution in [3.63, 3.8) is 0 Å². The van der Waals surface area contributed by atoms with Crippen LogP contribution in [-0.2, 0) is 5.41 Å². The van der Waals surface area contributed by atoms with E-state index in [1.54, 1.807) is 0 Å². The highest BCUT2D eigenvalue weighted by molar-refractivity contribution is 5.16. The monoisotopic (exact) mass is 222 g/mol. The summed E-state index contributed by atoms with van der Waals surface area (Å²) in [6.07, 6.45) is 3.42. The summed E-state index contributed by atoms with van der Waals surface area (Å²) in [6.45, 7) is 8.58. The van der Waals surface area contributed by atoms with Crippen LogP contribution in [0, 0.1) is 6.92 Å². The topological polar surface area (TPSA) is 56.7 Å². The van der Waals surface area contributed by atoms with Crippen LogP contribution in [0.2, 0.25) is 0 Å². The maximum absolute atomic E-state index is 6.24. The molecule has 0 saturated heterocycles. The quantitative estimate of drug-likeness (QED) is 0.832. The van der Waals surface area contributed by atoms with E-state index in [1.807, 2.05) is 6.92 Å². The zero-order valence-electron chi connectivity index (χ0n) is 10.7. The minimum atomic E-state index is 0.00549. The summed E-state index contributed by atoms with van der Waals surface area (Å²) in [5.41, 5.74) is 6.25. The zero-order valence-corrected chi connectivity index (χ0v) is 10.7. The van der Waals surface area contributed by atoms with Crippen molar-refractivity contribution in [1.82, 2.24) is 14.8 Å². The van der Waals surface area contributed by atoms with Gasteiger partial charge in [-0.1, -0.05) is 13.3 Å². The highest BCUT2D eigenvalue weighted by Gasteiger charge is 2.42. The van der Waals surface area contributed by atoms with Gasteiger partial charge in [0, 0.05) is 17.5 Å². The van der Waals surface area contributed by atoms with Gasteiger partial charge >= 0.3 is 0 Å². The molecule has 2 unspecified atom stereocenters. The number of hydrogen-bond donors (Lipinski definition) is 1. The van der Waals surface area contributed by atoms with Crippen molar-refractivity contribution in [2.24, 2.45) is 5.73 Å². The van der Waals surface area contributed by atoms with E-state index >= 15 is 0 Å². The maximum Gasteiger partial charge on any atom is 0.140 e. The van der Waals surface area contributed by atoms with Crippen molar-refractivity contribution >= 4 is 0 Å². The smallest absolute Gasteiger partial charge is 0.140 e. The SMILES string of the molecule is Cc1nnc(C2(C)CCCC2N)n1C(C)C. The molecule has 0 radical (unpaired) electrons. The van der Waals surface area contributed by atoms with E-state index in [-0.39, 0.29) is 11.5 Å². The molecule has 4 heteroatoms. The fourth-order valence-electron chi connectivity index (χ4n) is 2.85. The highest BCUT2D eigenvalue weighted by Crippen LogP contribution is 2.39. The number of aryl methyl sites for hydroxylation is 1. The average Bonchev–Trinajstić information content (AvgIpc) is 2.73. The Kier molecular flexibility index (Phi) is 2.78. The Morgan fingerprint density at radius 1 is 1.44 bits per heavy atom. The summed E-state index contributed by atoms with van der Waals surface area (Å²) in [7, 11) is 0. The van der Waals surface area contributed by atoms with Crippen molar-refractivity contribution in [1.29, 1.82) is 0 Å². The number of aromatic nitrogens is 3. The van der Waals surface area contributed by atoms with Crippen molar-refractivity contribution in [3.8, 4) is 0 Å². The highest BCUT2D eigenvalue weighted by atomic mass is 15.3. The first-order chi connectivity index (χ1) is 7.47. The number of nitrogens with zero attached hydrogens (tertiary/aromatic N) is 3. The fourth-order valence-corrected chi connectivity index (χ4v) is 2.85. The van der Waals surface area contributed by atoms with E-state index in [2.05, 4.69) is 35.5 Å². The van der Waals surface area contributed by atoms with Gasteiger partial charge in [0.1, 0.15) is 11.6 Å². The Labute approximate surface area is 97.2 Å². The standard InChI is InChI=1S/C12H22N4/c1-8(2)16-9(3)14-15-11(16)12(4)7-5-6-10(12)13/h8,10H,5-7,13H2,1-4H3.